The van der Waals surface area contributed by atoms with E-state index >= 15 is 0 Å². The predicted molar refractivity (Wildman–Crippen MR) is 96.5 cm³/mol. The van der Waals surface area contributed by atoms with Gasteiger partial charge in [0.25, 0.3) is 5.56 Å². The predicted octanol–water partition coefficient (Wildman–Crippen LogP) is 0.980. The molecule has 1 N–H and O–H groups in total. The molecule has 1 aliphatic rings. The van der Waals surface area contributed by atoms with Crippen molar-refractivity contribution in [1.29, 1.82) is 0 Å². The molecular weight excluding hydrogens is 318 g/mol. The lowest BCUT2D eigenvalue weighted by Gasteiger charge is -2.34. The van der Waals surface area contributed by atoms with Gasteiger partial charge in [0, 0.05) is 25.8 Å². The third kappa shape index (κ3) is 4.48. The lowest BCUT2D eigenvalue weighted by Crippen LogP contribution is -2.40. The summed E-state index contributed by atoms with van der Waals surface area (Å²) in [6, 6.07) is 3.50. The summed E-state index contributed by atoms with van der Waals surface area (Å²) in [5, 5.41) is 6.93. The van der Waals surface area contributed by atoms with Gasteiger partial charge in [0.05, 0.1) is 0 Å². The largest absolute Gasteiger partial charge is 0.354 e. The molecule has 0 spiro atoms. The highest BCUT2D eigenvalue weighted by molar-refractivity contribution is 5.75. The Morgan fingerprint density at radius 3 is 2.84 bits per heavy atom. The summed E-state index contributed by atoms with van der Waals surface area (Å²) in [6.07, 6.45) is 5.53. The zero-order valence-corrected chi connectivity index (χ0v) is 15.0. The Balaban J connectivity index is 1.43. The second kappa shape index (κ2) is 7.82. The Bertz CT molecular complexity index is 771. The molecule has 0 bridgehead atoms. The molecule has 2 aromatic rings. The molecule has 25 heavy (non-hydrogen) atoms. The number of carbonyl (C=O) groups is 1. The van der Waals surface area contributed by atoms with E-state index in [1.807, 2.05) is 0 Å². The van der Waals surface area contributed by atoms with E-state index in [-0.39, 0.29) is 18.0 Å². The Labute approximate surface area is 147 Å². The van der Waals surface area contributed by atoms with Gasteiger partial charge in [-0.05, 0) is 43.4 Å². The number of piperidine rings is 1. The Kier molecular flexibility index (Phi) is 5.53. The quantitative estimate of drug-likeness (QED) is 0.792. The third-order valence-corrected chi connectivity index (χ3v) is 4.76. The number of carbonyl (C=O) groups excluding carboxylic acids is 1. The summed E-state index contributed by atoms with van der Waals surface area (Å²) in [4.78, 5) is 26.8. The van der Waals surface area contributed by atoms with E-state index in [0.717, 1.165) is 37.9 Å². The van der Waals surface area contributed by atoms with Crippen LogP contribution in [-0.4, -0.2) is 51.2 Å². The van der Waals surface area contributed by atoms with Gasteiger partial charge in [-0.1, -0.05) is 13.8 Å². The third-order valence-electron chi connectivity index (χ3n) is 4.76. The lowest BCUT2D eigenvalue weighted by molar-refractivity contribution is -0.121. The van der Waals surface area contributed by atoms with Crippen molar-refractivity contribution in [3.05, 3.63) is 35.0 Å². The highest BCUT2D eigenvalue weighted by atomic mass is 16.2. The van der Waals surface area contributed by atoms with Gasteiger partial charge in [-0.3, -0.25) is 9.59 Å². The van der Waals surface area contributed by atoms with Crippen LogP contribution in [0.25, 0.3) is 5.52 Å². The molecule has 7 nitrogen and oxygen atoms in total. The molecule has 1 fully saturated rings. The van der Waals surface area contributed by atoms with Crippen LogP contribution in [0.3, 0.4) is 0 Å². The second-order valence-corrected chi connectivity index (χ2v) is 7.30. The van der Waals surface area contributed by atoms with Gasteiger partial charge in [0.15, 0.2) is 0 Å². The molecule has 136 valence electrons. The molecule has 0 radical (unpaired) electrons. The van der Waals surface area contributed by atoms with E-state index in [1.165, 1.54) is 11.1 Å². The fourth-order valence-electron chi connectivity index (χ4n) is 3.79. The van der Waals surface area contributed by atoms with Crippen molar-refractivity contribution in [2.45, 2.75) is 33.2 Å². The Morgan fingerprint density at radius 2 is 2.08 bits per heavy atom. The van der Waals surface area contributed by atoms with Crippen LogP contribution >= 0.6 is 0 Å². The molecule has 2 atom stereocenters. The SMILES string of the molecule is C[C@@H]1C[C@H](C)CN(CCCNC(=O)Cn2ncn3cccc3c2=O)C1. The van der Waals surface area contributed by atoms with Crippen LogP contribution < -0.4 is 10.9 Å². The first kappa shape index (κ1) is 17.7. The molecule has 7 heteroatoms. The minimum absolute atomic E-state index is 0.0434. The summed E-state index contributed by atoms with van der Waals surface area (Å²) >= 11 is 0. The van der Waals surface area contributed by atoms with Crippen molar-refractivity contribution in [2.75, 3.05) is 26.2 Å². The highest BCUT2D eigenvalue weighted by Gasteiger charge is 2.21. The van der Waals surface area contributed by atoms with Gasteiger partial charge in [0.2, 0.25) is 5.91 Å². The first-order valence-electron chi connectivity index (χ1n) is 9.05. The molecule has 3 rings (SSSR count). The van der Waals surface area contributed by atoms with Crippen molar-refractivity contribution in [1.82, 2.24) is 24.4 Å². The van der Waals surface area contributed by atoms with Crippen LogP contribution in [0.2, 0.25) is 0 Å². The number of fused-ring (bicyclic) bond motifs is 1. The van der Waals surface area contributed by atoms with Gasteiger partial charge in [-0.25, -0.2) is 4.68 Å². The topological polar surface area (TPSA) is 71.6 Å². The van der Waals surface area contributed by atoms with E-state index in [9.17, 15) is 9.59 Å². The average molecular weight is 345 g/mol. The van der Waals surface area contributed by atoms with Crippen LogP contribution in [0, 0.1) is 11.8 Å². The van der Waals surface area contributed by atoms with Gasteiger partial charge in [0.1, 0.15) is 18.4 Å². The first-order chi connectivity index (χ1) is 12.0. The van der Waals surface area contributed by atoms with Gasteiger partial charge in [-0.15, -0.1) is 0 Å². The fourth-order valence-corrected chi connectivity index (χ4v) is 3.79. The van der Waals surface area contributed by atoms with E-state index in [2.05, 4.69) is 29.2 Å². The minimum atomic E-state index is -0.251. The zero-order chi connectivity index (χ0) is 17.8. The zero-order valence-electron chi connectivity index (χ0n) is 15.0. The average Bonchev–Trinajstić information content (AvgIpc) is 3.03. The molecule has 1 saturated heterocycles. The standard InChI is InChI=1S/C18H27N5O2/c1-14-9-15(2)11-21(10-14)7-4-6-19-17(24)12-23-18(25)16-5-3-8-22(16)13-20-23/h3,5,8,13-15H,4,6-7,9-12H2,1-2H3,(H,19,24)/t14-,15+. The number of hydrogen-bond acceptors (Lipinski definition) is 4. The van der Waals surface area contributed by atoms with Gasteiger partial charge in [-0.2, -0.15) is 5.10 Å². The summed E-state index contributed by atoms with van der Waals surface area (Å²) in [5.74, 6) is 1.33. The van der Waals surface area contributed by atoms with Crippen molar-refractivity contribution >= 4 is 11.4 Å². The van der Waals surface area contributed by atoms with Gasteiger partial charge >= 0.3 is 0 Å². The number of nitrogens with one attached hydrogen (secondary N) is 1. The van der Waals surface area contributed by atoms with E-state index in [1.54, 1.807) is 29.1 Å². The highest BCUT2D eigenvalue weighted by Crippen LogP contribution is 2.20. The van der Waals surface area contributed by atoms with E-state index in [4.69, 9.17) is 0 Å². The molecule has 2 aromatic heterocycles. The van der Waals surface area contributed by atoms with Crippen molar-refractivity contribution in [3.63, 3.8) is 0 Å². The van der Waals surface area contributed by atoms with Crippen LogP contribution in [-0.2, 0) is 11.3 Å². The molecule has 0 aromatic carbocycles. The van der Waals surface area contributed by atoms with Crippen molar-refractivity contribution < 1.29 is 4.79 Å². The van der Waals surface area contributed by atoms with Crippen molar-refractivity contribution in [2.24, 2.45) is 11.8 Å². The number of hydrogen-bond donors (Lipinski definition) is 1. The van der Waals surface area contributed by atoms with Crippen LogP contribution in [0.15, 0.2) is 29.5 Å². The van der Waals surface area contributed by atoms with Gasteiger partial charge < -0.3 is 14.6 Å². The first-order valence-corrected chi connectivity index (χ1v) is 9.05. The molecule has 0 unspecified atom stereocenters. The lowest BCUT2D eigenvalue weighted by atomic mass is 9.92. The maximum atomic E-state index is 12.2. The normalized spacial score (nSPS) is 21.5. The van der Waals surface area contributed by atoms with Crippen molar-refractivity contribution in [3.8, 4) is 0 Å². The number of amides is 1. The summed E-state index contributed by atoms with van der Waals surface area (Å²) in [7, 11) is 0. The molecule has 1 aliphatic heterocycles. The molecular formula is C18H27N5O2. The number of nitrogens with zero attached hydrogens (tertiary/aromatic N) is 4. The van der Waals surface area contributed by atoms with Crippen LogP contribution in [0.4, 0.5) is 0 Å². The maximum Gasteiger partial charge on any atom is 0.291 e. The smallest absolute Gasteiger partial charge is 0.291 e. The van der Waals surface area contributed by atoms with Crippen LogP contribution in [0.1, 0.15) is 26.7 Å². The number of aromatic nitrogens is 3. The van der Waals surface area contributed by atoms with Crippen LogP contribution in [0.5, 0.6) is 0 Å². The number of likely N-dealkylation sites (tertiary alicyclic amines) is 1. The fraction of sp³-hybridized carbons (Fsp3) is 0.611. The molecule has 0 aliphatic carbocycles. The minimum Gasteiger partial charge on any atom is -0.354 e. The Hall–Kier alpha value is -2.15. The summed E-state index contributed by atoms with van der Waals surface area (Å²) in [6.45, 7) is 8.49. The van der Waals surface area contributed by atoms with E-state index in [0.29, 0.717) is 12.1 Å². The maximum absolute atomic E-state index is 12.2. The number of rotatable bonds is 6. The summed E-state index contributed by atoms with van der Waals surface area (Å²) < 4.78 is 2.86. The molecule has 1 amide bonds. The second-order valence-electron chi connectivity index (χ2n) is 7.30. The molecule has 0 saturated carbocycles. The summed E-state index contributed by atoms with van der Waals surface area (Å²) in [5.41, 5.74) is 0.273. The van der Waals surface area contributed by atoms with E-state index < -0.39 is 0 Å². The monoisotopic (exact) mass is 345 g/mol. The Morgan fingerprint density at radius 1 is 1.32 bits per heavy atom. The molecule has 3 heterocycles.